The monoisotopic (exact) mass is 458 g/mol. The molecule has 4 aromatic rings. The van der Waals surface area contributed by atoms with Gasteiger partial charge in [0.15, 0.2) is 0 Å². The topological polar surface area (TPSA) is 57.1 Å². The lowest BCUT2D eigenvalue weighted by Gasteiger charge is -2.36. The van der Waals surface area contributed by atoms with E-state index in [0.29, 0.717) is 25.2 Å². The summed E-state index contributed by atoms with van der Waals surface area (Å²) in [6.45, 7) is 3.46. The molecule has 1 aliphatic heterocycles. The predicted octanol–water partition coefficient (Wildman–Crippen LogP) is 3.94. The van der Waals surface area contributed by atoms with Crippen molar-refractivity contribution < 1.29 is 9.59 Å². The number of pyridine rings is 1. The van der Waals surface area contributed by atoms with Crippen LogP contribution in [-0.4, -0.2) is 53.8 Å². The normalized spacial score (nSPS) is 13.9. The molecule has 1 N–H and O–H groups in total. The predicted molar refractivity (Wildman–Crippen MR) is 132 cm³/mol. The lowest BCUT2D eigenvalue weighted by molar-refractivity contribution is 0.0746. The van der Waals surface area contributed by atoms with Gasteiger partial charge in [-0.25, -0.2) is 0 Å². The third-order valence-corrected chi connectivity index (χ3v) is 6.98. The van der Waals surface area contributed by atoms with E-state index in [0.717, 1.165) is 36.4 Å². The fourth-order valence-corrected chi connectivity index (χ4v) is 4.95. The van der Waals surface area contributed by atoms with E-state index < -0.39 is 0 Å². The molecule has 6 nitrogen and oxygen atoms in total. The van der Waals surface area contributed by atoms with Gasteiger partial charge in [0.05, 0.1) is 5.56 Å². The highest BCUT2D eigenvalue weighted by molar-refractivity contribution is 7.09. The number of fused-ring (bicyclic) bond motifs is 1. The van der Waals surface area contributed by atoms with E-state index in [-0.39, 0.29) is 11.8 Å². The van der Waals surface area contributed by atoms with Gasteiger partial charge in [0, 0.05) is 54.9 Å². The molecular formula is C26H26N4O2S. The van der Waals surface area contributed by atoms with E-state index in [9.17, 15) is 9.59 Å². The van der Waals surface area contributed by atoms with Gasteiger partial charge in [-0.3, -0.25) is 9.59 Å². The lowest BCUT2D eigenvalue weighted by atomic mass is 10.2. The number of aromatic nitrogens is 1. The number of nitrogens with one attached hydrogen (secondary N) is 1. The van der Waals surface area contributed by atoms with Crippen molar-refractivity contribution in [1.29, 1.82) is 0 Å². The molecule has 33 heavy (non-hydrogen) atoms. The number of carbonyl (C=O) groups excluding carboxylic acids is 2. The first-order chi connectivity index (χ1) is 16.2. The molecule has 1 aromatic carbocycles. The molecule has 0 spiro atoms. The van der Waals surface area contributed by atoms with E-state index in [2.05, 4.69) is 38.2 Å². The van der Waals surface area contributed by atoms with Crippen molar-refractivity contribution in [2.45, 2.75) is 6.42 Å². The van der Waals surface area contributed by atoms with Crippen LogP contribution in [0.1, 0.15) is 25.6 Å². The van der Waals surface area contributed by atoms with Crippen LogP contribution in [0.4, 0.5) is 5.82 Å². The minimum absolute atomic E-state index is 0.0635. The standard InChI is InChI=1S/C26H26N4O2S/c31-25(27-13-12-23-7-4-18-33-23)21-8-9-22-10-11-24(30(22)19-21)28-14-16-29(17-15-28)26(32)20-5-2-1-3-6-20/h1-11,18-19H,12-17H2,(H,27,31). The van der Waals surface area contributed by atoms with Gasteiger partial charge in [-0.15, -0.1) is 11.3 Å². The van der Waals surface area contributed by atoms with Gasteiger partial charge < -0.3 is 19.5 Å². The Labute approximate surface area is 197 Å². The molecule has 0 radical (unpaired) electrons. The van der Waals surface area contributed by atoms with Crippen molar-refractivity contribution in [2.75, 3.05) is 37.6 Å². The Bertz CT molecular complexity index is 1240. The second-order valence-electron chi connectivity index (χ2n) is 8.13. The average Bonchev–Trinajstić information content (AvgIpc) is 3.54. The number of benzene rings is 1. The Balaban J connectivity index is 1.24. The number of anilines is 1. The largest absolute Gasteiger partial charge is 0.354 e. The third kappa shape index (κ3) is 4.64. The molecule has 0 atom stereocenters. The molecule has 0 bridgehead atoms. The van der Waals surface area contributed by atoms with Crippen molar-refractivity contribution in [3.8, 4) is 0 Å². The first-order valence-electron chi connectivity index (χ1n) is 11.2. The maximum atomic E-state index is 12.7. The second-order valence-corrected chi connectivity index (χ2v) is 9.17. The van der Waals surface area contributed by atoms with E-state index in [1.165, 1.54) is 4.88 Å². The lowest BCUT2D eigenvalue weighted by Crippen LogP contribution is -2.49. The summed E-state index contributed by atoms with van der Waals surface area (Å²) in [6.07, 6.45) is 2.75. The van der Waals surface area contributed by atoms with Crippen LogP contribution in [-0.2, 0) is 6.42 Å². The van der Waals surface area contributed by atoms with E-state index in [1.807, 2.05) is 59.6 Å². The number of carbonyl (C=O) groups is 2. The molecule has 4 heterocycles. The van der Waals surface area contributed by atoms with Crippen molar-refractivity contribution >= 4 is 34.5 Å². The summed E-state index contributed by atoms with van der Waals surface area (Å²) >= 11 is 1.71. The summed E-state index contributed by atoms with van der Waals surface area (Å²) in [5.41, 5.74) is 2.42. The van der Waals surface area contributed by atoms with Gasteiger partial charge in [0.2, 0.25) is 0 Å². The van der Waals surface area contributed by atoms with Crippen LogP contribution in [0.3, 0.4) is 0 Å². The molecule has 3 aromatic heterocycles. The minimum Gasteiger partial charge on any atom is -0.354 e. The zero-order valence-electron chi connectivity index (χ0n) is 18.3. The fraction of sp³-hybridized carbons (Fsp3) is 0.231. The molecule has 168 valence electrons. The molecule has 1 saturated heterocycles. The smallest absolute Gasteiger partial charge is 0.253 e. The highest BCUT2D eigenvalue weighted by Crippen LogP contribution is 2.22. The van der Waals surface area contributed by atoms with Crippen molar-refractivity contribution in [3.05, 3.63) is 94.3 Å². The SMILES string of the molecule is O=C(NCCc1cccs1)c1ccc2ccc(N3CCN(C(=O)c4ccccc4)CC3)n2c1. The van der Waals surface area contributed by atoms with Crippen LogP contribution in [0.2, 0.25) is 0 Å². The van der Waals surface area contributed by atoms with Gasteiger partial charge in [-0.05, 0) is 54.3 Å². The van der Waals surface area contributed by atoms with Crippen molar-refractivity contribution in [1.82, 2.24) is 14.6 Å². The van der Waals surface area contributed by atoms with Gasteiger partial charge in [0.25, 0.3) is 11.8 Å². The zero-order chi connectivity index (χ0) is 22.6. The molecule has 2 amide bonds. The molecule has 0 aliphatic carbocycles. The molecule has 1 aliphatic rings. The van der Waals surface area contributed by atoms with Gasteiger partial charge >= 0.3 is 0 Å². The maximum absolute atomic E-state index is 12.7. The Morgan fingerprint density at radius 2 is 1.64 bits per heavy atom. The van der Waals surface area contributed by atoms with Crippen LogP contribution in [0.15, 0.2) is 78.3 Å². The first kappa shape index (κ1) is 21.3. The van der Waals surface area contributed by atoms with Crippen LogP contribution in [0.25, 0.3) is 5.52 Å². The summed E-state index contributed by atoms with van der Waals surface area (Å²) < 4.78 is 2.07. The van der Waals surface area contributed by atoms with Gasteiger partial charge in [-0.2, -0.15) is 0 Å². The highest BCUT2D eigenvalue weighted by atomic mass is 32.1. The number of rotatable bonds is 6. The molecule has 1 fully saturated rings. The summed E-state index contributed by atoms with van der Waals surface area (Å²) in [5, 5.41) is 5.08. The summed E-state index contributed by atoms with van der Waals surface area (Å²) in [4.78, 5) is 30.9. The van der Waals surface area contributed by atoms with Crippen molar-refractivity contribution in [2.24, 2.45) is 0 Å². The molecule has 7 heteroatoms. The average molecular weight is 459 g/mol. The summed E-state index contributed by atoms with van der Waals surface area (Å²) in [5.74, 6) is 1.06. The summed E-state index contributed by atoms with van der Waals surface area (Å²) in [6, 6.07) is 21.6. The molecule has 0 saturated carbocycles. The van der Waals surface area contributed by atoms with E-state index in [4.69, 9.17) is 0 Å². The third-order valence-electron chi connectivity index (χ3n) is 6.04. The molecular weight excluding hydrogens is 432 g/mol. The molecule has 0 unspecified atom stereocenters. The number of thiophene rings is 1. The van der Waals surface area contributed by atoms with Crippen LogP contribution in [0, 0.1) is 0 Å². The maximum Gasteiger partial charge on any atom is 0.253 e. The Morgan fingerprint density at radius 1 is 0.848 bits per heavy atom. The minimum atomic E-state index is -0.0635. The van der Waals surface area contributed by atoms with Crippen molar-refractivity contribution in [3.63, 3.8) is 0 Å². The first-order valence-corrected chi connectivity index (χ1v) is 12.1. The van der Waals surface area contributed by atoms with E-state index >= 15 is 0 Å². The zero-order valence-corrected chi connectivity index (χ0v) is 19.1. The Morgan fingerprint density at radius 3 is 2.39 bits per heavy atom. The van der Waals surface area contributed by atoms with Crippen LogP contribution < -0.4 is 10.2 Å². The van der Waals surface area contributed by atoms with Gasteiger partial charge in [-0.1, -0.05) is 24.3 Å². The summed E-state index contributed by atoms with van der Waals surface area (Å²) in [7, 11) is 0. The number of hydrogen-bond acceptors (Lipinski definition) is 4. The van der Waals surface area contributed by atoms with Crippen LogP contribution in [0.5, 0.6) is 0 Å². The van der Waals surface area contributed by atoms with Gasteiger partial charge in [0.1, 0.15) is 5.82 Å². The number of hydrogen-bond donors (Lipinski definition) is 1. The van der Waals surface area contributed by atoms with Crippen LogP contribution >= 0.6 is 11.3 Å². The Kier molecular flexibility index (Phi) is 6.13. The number of piperazine rings is 1. The molecule has 5 rings (SSSR count). The van der Waals surface area contributed by atoms with E-state index in [1.54, 1.807) is 11.3 Å². The number of amides is 2. The Hall–Kier alpha value is -3.58. The fourth-order valence-electron chi connectivity index (χ4n) is 4.24. The number of nitrogens with zero attached hydrogens (tertiary/aromatic N) is 3. The second kappa shape index (κ2) is 9.50. The highest BCUT2D eigenvalue weighted by Gasteiger charge is 2.23. The quantitative estimate of drug-likeness (QED) is 0.476.